The lowest BCUT2D eigenvalue weighted by Crippen LogP contribution is -2.45. The minimum atomic E-state index is -0.194. The molecule has 0 atom stereocenters. The highest BCUT2D eigenvalue weighted by Crippen LogP contribution is 2.20. The highest BCUT2D eigenvalue weighted by atomic mass is 35.5. The maximum atomic E-state index is 12.9. The smallest absolute Gasteiger partial charge is 0.207 e. The molecular formula is C13H14ClFN4S. The normalized spacial score (nSPS) is 16.6. The van der Waals surface area contributed by atoms with Crippen molar-refractivity contribution in [2.45, 2.75) is 6.54 Å². The molecule has 0 aliphatic carbocycles. The molecule has 1 aliphatic heterocycles. The molecule has 7 heteroatoms. The van der Waals surface area contributed by atoms with Gasteiger partial charge in [-0.05, 0) is 35.9 Å². The molecule has 0 spiro atoms. The highest BCUT2D eigenvalue weighted by Gasteiger charge is 2.18. The number of hydrogen-bond donors (Lipinski definition) is 0. The Balaban J connectivity index is 1.55. The monoisotopic (exact) mass is 312 g/mol. The van der Waals surface area contributed by atoms with Crippen molar-refractivity contribution in [2.75, 3.05) is 31.1 Å². The number of nitrogens with zero attached hydrogens (tertiary/aromatic N) is 4. The Morgan fingerprint density at radius 3 is 2.40 bits per heavy atom. The number of piperazine rings is 1. The fraction of sp³-hybridized carbons (Fsp3) is 0.385. The van der Waals surface area contributed by atoms with Crippen molar-refractivity contribution in [3.05, 3.63) is 39.6 Å². The Labute approximate surface area is 125 Å². The predicted octanol–water partition coefficient (Wildman–Crippen LogP) is 2.65. The van der Waals surface area contributed by atoms with Crippen molar-refractivity contribution in [1.82, 2.24) is 15.1 Å². The quantitative estimate of drug-likeness (QED) is 0.872. The van der Waals surface area contributed by atoms with Crippen LogP contribution in [0.25, 0.3) is 0 Å². The topological polar surface area (TPSA) is 32.3 Å². The summed E-state index contributed by atoms with van der Waals surface area (Å²) in [5.41, 5.74) is 1.07. The molecule has 0 amide bonds. The van der Waals surface area contributed by atoms with E-state index in [2.05, 4.69) is 20.0 Å². The van der Waals surface area contributed by atoms with Gasteiger partial charge in [0, 0.05) is 31.9 Å². The van der Waals surface area contributed by atoms with E-state index in [1.165, 1.54) is 23.5 Å². The second-order valence-corrected chi connectivity index (χ2v) is 6.33. The fourth-order valence-corrected chi connectivity index (χ4v) is 3.21. The summed E-state index contributed by atoms with van der Waals surface area (Å²) in [6.07, 6.45) is 0. The molecular weight excluding hydrogens is 299 g/mol. The average molecular weight is 313 g/mol. The number of benzene rings is 1. The van der Waals surface area contributed by atoms with Crippen molar-refractivity contribution in [2.24, 2.45) is 0 Å². The van der Waals surface area contributed by atoms with Crippen LogP contribution in [0.4, 0.5) is 10.1 Å². The van der Waals surface area contributed by atoms with Crippen molar-refractivity contribution < 1.29 is 4.39 Å². The summed E-state index contributed by atoms with van der Waals surface area (Å²) in [6, 6.07) is 6.67. The van der Waals surface area contributed by atoms with Crippen LogP contribution in [0, 0.1) is 5.82 Å². The lowest BCUT2D eigenvalue weighted by molar-refractivity contribution is 0.249. The first-order valence-corrected chi connectivity index (χ1v) is 7.61. The van der Waals surface area contributed by atoms with Gasteiger partial charge in [-0.15, -0.1) is 10.2 Å². The summed E-state index contributed by atoms with van der Waals surface area (Å²) in [7, 11) is 0. The molecule has 2 heterocycles. The third kappa shape index (κ3) is 3.26. The van der Waals surface area contributed by atoms with Gasteiger partial charge in [-0.2, -0.15) is 0 Å². The van der Waals surface area contributed by atoms with Crippen LogP contribution in [0.15, 0.2) is 24.3 Å². The van der Waals surface area contributed by atoms with Crippen LogP contribution >= 0.6 is 22.9 Å². The molecule has 106 valence electrons. The van der Waals surface area contributed by atoms with Gasteiger partial charge >= 0.3 is 0 Å². The van der Waals surface area contributed by atoms with E-state index in [9.17, 15) is 4.39 Å². The Kier molecular flexibility index (Phi) is 4.14. The van der Waals surface area contributed by atoms with E-state index in [1.54, 1.807) is 0 Å². The Bertz CT molecular complexity index is 566. The van der Waals surface area contributed by atoms with Crippen LogP contribution in [-0.4, -0.2) is 41.3 Å². The van der Waals surface area contributed by atoms with Gasteiger partial charge in [-0.1, -0.05) is 11.3 Å². The second kappa shape index (κ2) is 6.03. The summed E-state index contributed by atoms with van der Waals surface area (Å²) in [6.45, 7) is 4.56. The van der Waals surface area contributed by atoms with E-state index in [0.29, 0.717) is 4.47 Å². The summed E-state index contributed by atoms with van der Waals surface area (Å²) in [5.74, 6) is -0.194. The van der Waals surface area contributed by atoms with Crippen LogP contribution in [-0.2, 0) is 6.54 Å². The summed E-state index contributed by atoms with van der Waals surface area (Å²) in [4.78, 5) is 4.60. The van der Waals surface area contributed by atoms with E-state index in [-0.39, 0.29) is 5.82 Å². The van der Waals surface area contributed by atoms with E-state index in [0.717, 1.165) is 43.4 Å². The zero-order valence-corrected chi connectivity index (χ0v) is 12.4. The van der Waals surface area contributed by atoms with Crippen LogP contribution in [0.3, 0.4) is 0 Å². The maximum Gasteiger partial charge on any atom is 0.207 e. The first kappa shape index (κ1) is 13.7. The summed E-state index contributed by atoms with van der Waals surface area (Å²) >= 11 is 7.21. The molecule has 4 nitrogen and oxygen atoms in total. The number of rotatable bonds is 3. The summed E-state index contributed by atoms with van der Waals surface area (Å²) < 4.78 is 13.4. The molecule has 20 heavy (non-hydrogen) atoms. The molecule has 2 aromatic rings. The Morgan fingerprint density at radius 2 is 1.80 bits per heavy atom. The number of hydrogen-bond acceptors (Lipinski definition) is 5. The Hall–Kier alpha value is -1.24. The molecule has 1 aromatic carbocycles. The lowest BCUT2D eigenvalue weighted by Gasteiger charge is -2.35. The van der Waals surface area contributed by atoms with Crippen LogP contribution in [0.2, 0.25) is 4.47 Å². The molecule has 0 unspecified atom stereocenters. The zero-order chi connectivity index (χ0) is 13.9. The van der Waals surface area contributed by atoms with Gasteiger partial charge in [0.2, 0.25) is 4.47 Å². The van der Waals surface area contributed by atoms with Crippen molar-refractivity contribution >= 4 is 28.6 Å². The third-order valence-corrected chi connectivity index (χ3v) is 4.37. The van der Waals surface area contributed by atoms with Crippen molar-refractivity contribution in [3.63, 3.8) is 0 Å². The van der Waals surface area contributed by atoms with Crippen LogP contribution < -0.4 is 4.90 Å². The van der Waals surface area contributed by atoms with E-state index in [1.807, 2.05) is 12.1 Å². The number of halogens is 2. The number of anilines is 1. The highest BCUT2D eigenvalue weighted by molar-refractivity contribution is 7.15. The van der Waals surface area contributed by atoms with E-state index in [4.69, 9.17) is 11.6 Å². The Morgan fingerprint density at radius 1 is 1.10 bits per heavy atom. The molecule has 1 fully saturated rings. The summed E-state index contributed by atoms with van der Waals surface area (Å²) in [5, 5.41) is 8.80. The van der Waals surface area contributed by atoms with Crippen molar-refractivity contribution in [1.29, 1.82) is 0 Å². The zero-order valence-electron chi connectivity index (χ0n) is 10.8. The fourth-order valence-electron chi connectivity index (χ4n) is 2.30. The first-order chi connectivity index (χ1) is 9.70. The number of aromatic nitrogens is 2. The third-order valence-electron chi connectivity index (χ3n) is 3.37. The SMILES string of the molecule is Fc1ccc(N2CCN(Cc3nnc(Cl)s3)CC2)cc1. The standard InChI is InChI=1S/C13H14ClFN4S/c14-13-17-16-12(20-13)9-18-5-7-19(8-6-18)11-3-1-10(15)2-4-11/h1-4H,5-9H2. The van der Waals surface area contributed by atoms with E-state index < -0.39 is 0 Å². The molecule has 1 aliphatic rings. The molecule has 3 rings (SSSR count). The largest absolute Gasteiger partial charge is 0.369 e. The van der Waals surface area contributed by atoms with Gasteiger partial charge in [0.05, 0.1) is 6.54 Å². The average Bonchev–Trinajstić information content (AvgIpc) is 2.86. The van der Waals surface area contributed by atoms with Gasteiger partial charge in [-0.25, -0.2) is 4.39 Å². The lowest BCUT2D eigenvalue weighted by atomic mass is 10.2. The van der Waals surface area contributed by atoms with Crippen LogP contribution in [0.1, 0.15) is 5.01 Å². The molecule has 0 saturated carbocycles. The maximum absolute atomic E-state index is 12.9. The van der Waals surface area contributed by atoms with Gasteiger partial charge in [-0.3, -0.25) is 4.90 Å². The second-order valence-electron chi connectivity index (χ2n) is 4.69. The molecule has 0 bridgehead atoms. The van der Waals surface area contributed by atoms with Crippen molar-refractivity contribution in [3.8, 4) is 0 Å². The van der Waals surface area contributed by atoms with Crippen LogP contribution in [0.5, 0.6) is 0 Å². The van der Waals surface area contributed by atoms with E-state index >= 15 is 0 Å². The molecule has 0 N–H and O–H groups in total. The van der Waals surface area contributed by atoms with Gasteiger partial charge < -0.3 is 4.90 Å². The minimum Gasteiger partial charge on any atom is -0.369 e. The molecule has 0 radical (unpaired) electrons. The van der Waals surface area contributed by atoms with Gasteiger partial charge in [0.25, 0.3) is 0 Å². The van der Waals surface area contributed by atoms with Gasteiger partial charge in [0.15, 0.2) is 0 Å². The molecule has 1 aromatic heterocycles. The first-order valence-electron chi connectivity index (χ1n) is 6.41. The predicted molar refractivity (Wildman–Crippen MR) is 78.8 cm³/mol. The van der Waals surface area contributed by atoms with Gasteiger partial charge in [0.1, 0.15) is 10.8 Å². The molecule has 1 saturated heterocycles. The minimum absolute atomic E-state index is 0.194.